The molecular weight excluding hydrogens is 172 g/mol. The number of aldehydes is 2. The first-order valence-electron chi connectivity index (χ1n) is 4.35. The topological polar surface area (TPSA) is 74.6 Å². The van der Waals surface area contributed by atoms with Gasteiger partial charge in [-0.05, 0) is 12.8 Å². The molecule has 0 saturated heterocycles. The summed E-state index contributed by atoms with van der Waals surface area (Å²) in [5.74, 6) is 0. The van der Waals surface area contributed by atoms with Crippen molar-refractivity contribution >= 4 is 12.6 Å². The lowest BCUT2D eigenvalue weighted by Gasteiger charge is -2.35. The molecule has 0 radical (unpaired) electrons. The molecule has 1 fully saturated rings. The normalized spacial score (nSPS) is 38.9. The van der Waals surface area contributed by atoms with E-state index in [9.17, 15) is 9.59 Å². The Labute approximate surface area is 76.6 Å². The highest BCUT2D eigenvalue weighted by Crippen LogP contribution is 2.49. The summed E-state index contributed by atoms with van der Waals surface area (Å²) in [5, 5.41) is 18.2. The fourth-order valence-electron chi connectivity index (χ4n) is 2.12. The highest BCUT2D eigenvalue weighted by molar-refractivity contribution is 5.74. The van der Waals surface area contributed by atoms with Gasteiger partial charge in [-0.2, -0.15) is 0 Å². The Bertz CT molecular complexity index is 194. The van der Waals surface area contributed by atoms with Crippen molar-refractivity contribution in [2.24, 2.45) is 10.8 Å². The maximum Gasteiger partial charge on any atom is 0.129 e. The first-order chi connectivity index (χ1) is 6.20. The predicted octanol–water partition coefficient (Wildman–Crippen LogP) is -0.474. The van der Waals surface area contributed by atoms with Gasteiger partial charge in [0.1, 0.15) is 12.6 Å². The standard InChI is InChI=1S/C9H14O4/c10-4-8(5-11)2-1-3-9(8,6-12)7-13/h4,6,11,13H,1-3,5,7H2/t8-,9-/m1/s1. The molecule has 0 heterocycles. The van der Waals surface area contributed by atoms with Crippen LogP contribution in [0.25, 0.3) is 0 Å². The lowest BCUT2D eigenvalue weighted by molar-refractivity contribution is -0.139. The third kappa shape index (κ3) is 1.21. The van der Waals surface area contributed by atoms with E-state index >= 15 is 0 Å². The second-order valence-corrected chi connectivity index (χ2v) is 3.72. The van der Waals surface area contributed by atoms with Gasteiger partial charge in [-0.25, -0.2) is 0 Å². The van der Waals surface area contributed by atoms with E-state index in [1.54, 1.807) is 0 Å². The van der Waals surface area contributed by atoms with Crippen LogP contribution < -0.4 is 0 Å². The minimum Gasteiger partial charge on any atom is -0.395 e. The first kappa shape index (κ1) is 10.3. The number of rotatable bonds is 4. The van der Waals surface area contributed by atoms with E-state index in [-0.39, 0.29) is 13.2 Å². The number of carbonyl (C=O) groups is 2. The highest BCUT2D eigenvalue weighted by atomic mass is 16.3. The average molecular weight is 186 g/mol. The van der Waals surface area contributed by atoms with Crippen LogP contribution in [-0.4, -0.2) is 36.0 Å². The molecule has 1 aliphatic carbocycles. The van der Waals surface area contributed by atoms with Gasteiger partial charge in [0.15, 0.2) is 0 Å². The lowest BCUT2D eigenvalue weighted by Crippen LogP contribution is -2.45. The SMILES string of the molecule is O=C[C@@]1(CO)CCC[C@@]1(C=O)CO. The minimum absolute atomic E-state index is 0.365. The summed E-state index contributed by atoms with van der Waals surface area (Å²) in [7, 11) is 0. The molecule has 0 bridgehead atoms. The molecule has 2 atom stereocenters. The van der Waals surface area contributed by atoms with Gasteiger partial charge in [0.2, 0.25) is 0 Å². The van der Waals surface area contributed by atoms with E-state index in [0.29, 0.717) is 31.8 Å². The molecule has 2 N–H and O–H groups in total. The molecule has 0 aromatic rings. The maximum atomic E-state index is 10.9. The van der Waals surface area contributed by atoms with Crippen molar-refractivity contribution in [1.82, 2.24) is 0 Å². The first-order valence-corrected chi connectivity index (χ1v) is 4.35. The van der Waals surface area contributed by atoms with Crippen LogP contribution in [0.5, 0.6) is 0 Å². The van der Waals surface area contributed by atoms with Gasteiger partial charge in [-0.3, -0.25) is 0 Å². The van der Waals surface area contributed by atoms with E-state index in [1.165, 1.54) is 0 Å². The molecular formula is C9H14O4. The van der Waals surface area contributed by atoms with Crippen LogP contribution >= 0.6 is 0 Å². The Kier molecular flexibility index (Phi) is 2.83. The lowest BCUT2D eigenvalue weighted by atomic mass is 9.68. The summed E-state index contributed by atoms with van der Waals surface area (Å²) >= 11 is 0. The molecule has 13 heavy (non-hydrogen) atoms. The largest absolute Gasteiger partial charge is 0.395 e. The molecule has 0 spiro atoms. The number of aliphatic hydroxyl groups is 2. The van der Waals surface area contributed by atoms with Crippen molar-refractivity contribution in [1.29, 1.82) is 0 Å². The van der Waals surface area contributed by atoms with Crippen molar-refractivity contribution in [2.75, 3.05) is 13.2 Å². The van der Waals surface area contributed by atoms with Crippen LogP contribution in [0, 0.1) is 10.8 Å². The van der Waals surface area contributed by atoms with Gasteiger partial charge in [-0.1, -0.05) is 6.42 Å². The Morgan fingerprint density at radius 3 is 1.62 bits per heavy atom. The molecule has 4 heteroatoms. The second kappa shape index (κ2) is 3.55. The van der Waals surface area contributed by atoms with Crippen molar-refractivity contribution in [2.45, 2.75) is 19.3 Å². The van der Waals surface area contributed by atoms with E-state index < -0.39 is 10.8 Å². The van der Waals surface area contributed by atoms with E-state index in [2.05, 4.69) is 0 Å². The zero-order valence-electron chi connectivity index (χ0n) is 7.40. The third-order valence-electron chi connectivity index (χ3n) is 3.25. The van der Waals surface area contributed by atoms with Gasteiger partial charge in [0, 0.05) is 0 Å². The molecule has 0 unspecified atom stereocenters. The molecule has 0 amide bonds. The van der Waals surface area contributed by atoms with Crippen LogP contribution in [0.15, 0.2) is 0 Å². The Morgan fingerprint density at radius 1 is 1.00 bits per heavy atom. The summed E-state index contributed by atoms with van der Waals surface area (Å²) in [6.45, 7) is -0.731. The summed E-state index contributed by atoms with van der Waals surface area (Å²) in [6.07, 6.45) is 2.88. The zero-order valence-corrected chi connectivity index (χ0v) is 7.40. The van der Waals surface area contributed by atoms with Gasteiger partial charge >= 0.3 is 0 Å². The maximum absolute atomic E-state index is 10.9. The fraction of sp³-hybridized carbons (Fsp3) is 0.778. The number of hydrogen-bond donors (Lipinski definition) is 2. The molecule has 1 rings (SSSR count). The van der Waals surface area contributed by atoms with Crippen molar-refractivity contribution in [3.05, 3.63) is 0 Å². The van der Waals surface area contributed by atoms with E-state index in [1.807, 2.05) is 0 Å². The van der Waals surface area contributed by atoms with Crippen LogP contribution in [0.1, 0.15) is 19.3 Å². The zero-order chi connectivity index (χ0) is 9.95. The highest BCUT2D eigenvalue weighted by Gasteiger charge is 2.54. The van der Waals surface area contributed by atoms with Crippen LogP contribution in [0.3, 0.4) is 0 Å². The summed E-state index contributed by atoms with van der Waals surface area (Å²) in [6, 6.07) is 0. The van der Waals surface area contributed by atoms with E-state index in [0.717, 1.165) is 0 Å². The van der Waals surface area contributed by atoms with Gasteiger partial charge in [-0.15, -0.1) is 0 Å². The monoisotopic (exact) mass is 186 g/mol. The van der Waals surface area contributed by atoms with Gasteiger partial charge < -0.3 is 19.8 Å². The Balaban J connectivity index is 3.06. The minimum atomic E-state index is -1.05. The van der Waals surface area contributed by atoms with Crippen molar-refractivity contribution in [3.63, 3.8) is 0 Å². The van der Waals surface area contributed by atoms with Crippen molar-refractivity contribution < 1.29 is 19.8 Å². The summed E-state index contributed by atoms with van der Waals surface area (Å²) < 4.78 is 0. The predicted molar refractivity (Wildman–Crippen MR) is 45.0 cm³/mol. The number of hydrogen-bond acceptors (Lipinski definition) is 4. The molecule has 1 aliphatic rings. The van der Waals surface area contributed by atoms with Gasteiger partial charge in [0.25, 0.3) is 0 Å². The summed E-state index contributed by atoms with van der Waals surface area (Å²) in [4.78, 5) is 21.7. The quantitative estimate of drug-likeness (QED) is 0.582. The molecule has 4 nitrogen and oxygen atoms in total. The Hall–Kier alpha value is -0.740. The average Bonchev–Trinajstić information content (AvgIpc) is 2.57. The van der Waals surface area contributed by atoms with Gasteiger partial charge in [0.05, 0.1) is 24.0 Å². The molecule has 0 aliphatic heterocycles. The van der Waals surface area contributed by atoms with Crippen LogP contribution in [0.2, 0.25) is 0 Å². The fourth-order valence-corrected chi connectivity index (χ4v) is 2.12. The number of carbonyl (C=O) groups excluding carboxylic acids is 2. The molecule has 74 valence electrons. The van der Waals surface area contributed by atoms with Crippen LogP contribution in [0.4, 0.5) is 0 Å². The van der Waals surface area contributed by atoms with Crippen LogP contribution in [-0.2, 0) is 9.59 Å². The Morgan fingerprint density at radius 2 is 1.38 bits per heavy atom. The summed E-state index contributed by atoms with van der Waals surface area (Å²) in [5.41, 5.74) is -2.10. The number of aliphatic hydroxyl groups excluding tert-OH is 2. The molecule has 0 aromatic heterocycles. The third-order valence-corrected chi connectivity index (χ3v) is 3.25. The second-order valence-electron chi connectivity index (χ2n) is 3.72. The molecule has 1 saturated carbocycles. The molecule has 0 aromatic carbocycles. The van der Waals surface area contributed by atoms with E-state index in [4.69, 9.17) is 10.2 Å². The smallest absolute Gasteiger partial charge is 0.129 e. The van der Waals surface area contributed by atoms with Crippen molar-refractivity contribution in [3.8, 4) is 0 Å².